The lowest BCUT2D eigenvalue weighted by atomic mass is 10.2. The van der Waals surface area contributed by atoms with Crippen molar-refractivity contribution >= 4 is 16.9 Å². The molecule has 0 aliphatic heterocycles. The van der Waals surface area contributed by atoms with Gasteiger partial charge in [0, 0.05) is 24.5 Å². The van der Waals surface area contributed by atoms with Crippen LogP contribution in [0.4, 0.5) is 0 Å². The van der Waals surface area contributed by atoms with Crippen LogP contribution >= 0.6 is 0 Å². The monoisotopic (exact) mass is 444 g/mol. The fourth-order valence-corrected chi connectivity index (χ4v) is 3.74. The van der Waals surface area contributed by atoms with Crippen LogP contribution in [0.15, 0.2) is 73.1 Å². The number of fused-ring (bicyclic) bond motifs is 1. The number of para-hydroxylation sites is 2. The molecular weight excluding hydrogens is 416 g/mol. The zero-order valence-electron chi connectivity index (χ0n) is 18.9. The first-order valence-electron chi connectivity index (χ1n) is 11.1. The van der Waals surface area contributed by atoms with E-state index in [-0.39, 0.29) is 11.9 Å². The Balaban J connectivity index is 1.39. The number of imidazole rings is 1. The minimum absolute atomic E-state index is 0.142. The van der Waals surface area contributed by atoms with Crippen LogP contribution in [0.25, 0.3) is 11.0 Å². The van der Waals surface area contributed by atoms with E-state index in [1.54, 1.807) is 31.6 Å². The van der Waals surface area contributed by atoms with Crippen LogP contribution in [0.2, 0.25) is 0 Å². The minimum Gasteiger partial charge on any atom is -0.497 e. The summed E-state index contributed by atoms with van der Waals surface area (Å²) in [5, 5.41) is 3.06. The van der Waals surface area contributed by atoms with Crippen molar-refractivity contribution in [3.8, 4) is 11.5 Å². The van der Waals surface area contributed by atoms with E-state index in [0.717, 1.165) is 47.7 Å². The molecule has 1 amide bonds. The second kappa shape index (κ2) is 10.6. The molecule has 2 aromatic heterocycles. The maximum absolute atomic E-state index is 12.6. The lowest BCUT2D eigenvalue weighted by molar-refractivity contribution is 0.0937. The molecule has 0 spiro atoms. The number of nitrogens with one attached hydrogen (secondary N) is 1. The molecule has 1 unspecified atom stereocenters. The summed E-state index contributed by atoms with van der Waals surface area (Å²) in [6.45, 7) is 3.38. The normalized spacial score (nSPS) is 11.8. The van der Waals surface area contributed by atoms with Crippen LogP contribution in [0.5, 0.6) is 11.5 Å². The summed E-state index contributed by atoms with van der Waals surface area (Å²) in [6.07, 6.45) is 5.05. The van der Waals surface area contributed by atoms with E-state index in [2.05, 4.69) is 20.9 Å². The van der Waals surface area contributed by atoms with Gasteiger partial charge in [-0.1, -0.05) is 12.1 Å². The Morgan fingerprint density at radius 2 is 1.73 bits per heavy atom. The van der Waals surface area contributed by atoms with Crippen molar-refractivity contribution in [1.82, 2.24) is 19.9 Å². The highest BCUT2D eigenvalue weighted by molar-refractivity contribution is 5.94. The van der Waals surface area contributed by atoms with Gasteiger partial charge < -0.3 is 19.4 Å². The van der Waals surface area contributed by atoms with Crippen molar-refractivity contribution in [2.24, 2.45) is 0 Å². The standard InChI is InChI=1S/C26H28N4O3/c1-19(28-26(31)20-13-15-27-16-14-20)25-29-23-7-3-4-8-24(23)30(25)17-5-6-18-33-22-11-9-21(32-2)10-12-22/h3-4,7-16,19H,5-6,17-18H2,1-2H3,(H,28,31). The highest BCUT2D eigenvalue weighted by Gasteiger charge is 2.19. The summed E-state index contributed by atoms with van der Waals surface area (Å²) in [6, 6.07) is 18.8. The number of carbonyl (C=O) groups is 1. The Labute approximate surface area is 193 Å². The van der Waals surface area contributed by atoms with Crippen LogP contribution in [0.1, 0.15) is 42.0 Å². The van der Waals surface area contributed by atoms with E-state index in [0.29, 0.717) is 12.2 Å². The zero-order valence-corrected chi connectivity index (χ0v) is 18.9. The Morgan fingerprint density at radius 1 is 1.00 bits per heavy atom. The maximum atomic E-state index is 12.6. The number of unbranched alkanes of at least 4 members (excludes halogenated alkanes) is 1. The number of aryl methyl sites for hydroxylation is 1. The molecule has 0 radical (unpaired) electrons. The van der Waals surface area contributed by atoms with Crippen LogP contribution in [0.3, 0.4) is 0 Å². The summed E-state index contributed by atoms with van der Waals surface area (Å²) >= 11 is 0. The Bertz CT molecular complexity index is 1190. The molecule has 0 aliphatic carbocycles. The van der Waals surface area contributed by atoms with Crippen molar-refractivity contribution in [1.29, 1.82) is 0 Å². The van der Waals surface area contributed by atoms with Gasteiger partial charge in [-0.25, -0.2) is 4.98 Å². The molecule has 2 heterocycles. The first-order valence-corrected chi connectivity index (χ1v) is 11.1. The number of pyridine rings is 1. The third-order valence-electron chi connectivity index (χ3n) is 5.47. The molecule has 4 rings (SSSR count). The number of carbonyl (C=O) groups excluding carboxylic acids is 1. The van der Waals surface area contributed by atoms with Gasteiger partial charge in [0.05, 0.1) is 30.8 Å². The largest absolute Gasteiger partial charge is 0.497 e. The molecule has 4 aromatic rings. The molecule has 0 bridgehead atoms. The number of hydrogen-bond acceptors (Lipinski definition) is 5. The van der Waals surface area contributed by atoms with E-state index in [1.807, 2.05) is 49.4 Å². The topological polar surface area (TPSA) is 78.3 Å². The third kappa shape index (κ3) is 5.49. The summed E-state index contributed by atoms with van der Waals surface area (Å²) in [5.41, 5.74) is 2.57. The number of ether oxygens (including phenoxy) is 2. The van der Waals surface area contributed by atoms with Crippen molar-refractivity contribution < 1.29 is 14.3 Å². The fourth-order valence-electron chi connectivity index (χ4n) is 3.74. The van der Waals surface area contributed by atoms with Gasteiger partial charge in [-0.05, 0) is 68.3 Å². The molecule has 7 heteroatoms. The van der Waals surface area contributed by atoms with Crippen LogP contribution in [-0.4, -0.2) is 34.2 Å². The van der Waals surface area contributed by atoms with Crippen molar-refractivity contribution in [2.75, 3.05) is 13.7 Å². The first kappa shape index (κ1) is 22.3. The van der Waals surface area contributed by atoms with Gasteiger partial charge in [0.1, 0.15) is 17.3 Å². The average Bonchev–Trinajstić information content (AvgIpc) is 3.23. The summed E-state index contributed by atoms with van der Waals surface area (Å²) in [4.78, 5) is 21.4. The van der Waals surface area contributed by atoms with Crippen LogP contribution in [0, 0.1) is 0 Å². The van der Waals surface area contributed by atoms with Gasteiger partial charge in [-0.2, -0.15) is 0 Å². The number of nitrogens with zero attached hydrogens (tertiary/aromatic N) is 3. The first-order chi connectivity index (χ1) is 16.2. The molecule has 1 N–H and O–H groups in total. The van der Waals surface area contributed by atoms with Gasteiger partial charge in [0.25, 0.3) is 5.91 Å². The lowest BCUT2D eigenvalue weighted by Gasteiger charge is -2.16. The lowest BCUT2D eigenvalue weighted by Crippen LogP contribution is -2.28. The van der Waals surface area contributed by atoms with Crippen molar-refractivity contribution in [2.45, 2.75) is 32.4 Å². The number of hydrogen-bond donors (Lipinski definition) is 1. The highest BCUT2D eigenvalue weighted by atomic mass is 16.5. The maximum Gasteiger partial charge on any atom is 0.251 e. The zero-order chi connectivity index (χ0) is 23.0. The van der Waals surface area contributed by atoms with E-state index < -0.39 is 0 Å². The molecular formula is C26H28N4O3. The van der Waals surface area contributed by atoms with Crippen LogP contribution in [-0.2, 0) is 6.54 Å². The number of benzene rings is 2. The third-order valence-corrected chi connectivity index (χ3v) is 5.47. The molecule has 33 heavy (non-hydrogen) atoms. The van der Waals surface area contributed by atoms with Crippen molar-refractivity contribution in [3.63, 3.8) is 0 Å². The average molecular weight is 445 g/mol. The molecule has 170 valence electrons. The molecule has 1 atom stereocenters. The Kier molecular flexibility index (Phi) is 7.19. The van der Waals surface area contributed by atoms with E-state index in [1.165, 1.54) is 0 Å². The van der Waals surface area contributed by atoms with Crippen molar-refractivity contribution in [3.05, 3.63) is 84.4 Å². The smallest absolute Gasteiger partial charge is 0.251 e. The molecule has 0 aliphatic rings. The van der Waals surface area contributed by atoms with Gasteiger partial charge in [0.2, 0.25) is 0 Å². The fraction of sp³-hybridized carbons (Fsp3) is 0.269. The van der Waals surface area contributed by atoms with Gasteiger partial charge in [-0.3, -0.25) is 9.78 Å². The van der Waals surface area contributed by atoms with Gasteiger partial charge in [-0.15, -0.1) is 0 Å². The van der Waals surface area contributed by atoms with E-state index >= 15 is 0 Å². The Morgan fingerprint density at radius 3 is 2.48 bits per heavy atom. The molecule has 2 aromatic carbocycles. The highest BCUT2D eigenvalue weighted by Crippen LogP contribution is 2.22. The summed E-state index contributed by atoms with van der Waals surface area (Å²) < 4.78 is 13.2. The second-order valence-corrected chi connectivity index (χ2v) is 7.77. The van der Waals surface area contributed by atoms with Gasteiger partial charge in [0.15, 0.2) is 0 Å². The number of rotatable bonds is 10. The molecule has 0 saturated heterocycles. The quantitative estimate of drug-likeness (QED) is 0.356. The molecule has 0 fully saturated rings. The molecule has 0 saturated carbocycles. The van der Waals surface area contributed by atoms with E-state index in [4.69, 9.17) is 14.5 Å². The predicted molar refractivity (Wildman–Crippen MR) is 128 cm³/mol. The SMILES string of the molecule is COc1ccc(OCCCCn2c(C(C)NC(=O)c3ccncc3)nc3ccccc32)cc1. The summed E-state index contributed by atoms with van der Waals surface area (Å²) in [7, 11) is 1.65. The number of methoxy groups -OCH3 is 1. The molecule has 7 nitrogen and oxygen atoms in total. The van der Waals surface area contributed by atoms with Crippen LogP contribution < -0.4 is 14.8 Å². The minimum atomic E-state index is -0.242. The number of aromatic nitrogens is 3. The number of amides is 1. The Hall–Kier alpha value is -3.87. The second-order valence-electron chi connectivity index (χ2n) is 7.77. The summed E-state index contributed by atoms with van der Waals surface area (Å²) in [5.74, 6) is 2.34. The predicted octanol–water partition coefficient (Wildman–Crippen LogP) is 4.79. The van der Waals surface area contributed by atoms with Gasteiger partial charge >= 0.3 is 0 Å². The van der Waals surface area contributed by atoms with E-state index in [9.17, 15) is 4.79 Å².